The molecule has 5 nitrogen and oxygen atoms in total. The quantitative estimate of drug-likeness (QED) is 0.628. The van der Waals surface area contributed by atoms with Crippen LogP contribution in [0.25, 0.3) is 0 Å². The van der Waals surface area contributed by atoms with Crippen molar-refractivity contribution in [3.05, 3.63) is 95.3 Å². The van der Waals surface area contributed by atoms with Gasteiger partial charge in [0, 0.05) is 36.6 Å². The van der Waals surface area contributed by atoms with Gasteiger partial charge in [-0.25, -0.2) is 4.39 Å². The van der Waals surface area contributed by atoms with Crippen LogP contribution < -0.4 is 15.5 Å². The molecule has 0 bridgehead atoms. The van der Waals surface area contributed by atoms with Crippen molar-refractivity contribution >= 4 is 23.2 Å². The minimum Gasteiger partial charge on any atom is -0.378 e. The number of anilines is 2. The van der Waals surface area contributed by atoms with Gasteiger partial charge in [0.2, 0.25) is 0 Å². The molecule has 0 aliphatic heterocycles. The molecule has 0 saturated heterocycles. The smallest absolute Gasteiger partial charge is 0.255 e. The maximum atomic E-state index is 13.0. The Bertz CT molecular complexity index is 1030. The predicted octanol–water partition coefficient (Wildman–Crippen LogP) is 4.64. The third-order valence-electron chi connectivity index (χ3n) is 4.75. The maximum absolute atomic E-state index is 13.0. The van der Waals surface area contributed by atoms with Gasteiger partial charge in [-0.15, -0.1) is 0 Å². The van der Waals surface area contributed by atoms with Gasteiger partial charge >= 0.3 is 0 Å². The number of nitrogens with one attached hydrogen (secondary N) is 2. The first kappa shape index (κ1) is 21.0. The average Bonchev–Trinajstić information content (AvgIpc) is 2.74. The summed E-state index contributed by atoms with van der Waals surface area (Å²) in [4.78, 5) is 26.8. The van der Waals surface area contributed by atoms with E-state index in [1.54, 1.807) is 18.2 Å². The van der Waals surface area contributed by atoms with E-state index in [1.807, 2.05) is 56.3 Å². The van der Waals surface area contributed by atoms with E-state index in [1.165, 1.54) is 24.3 Å². The van der Waals surface area contributed by atoms with Gasteiger partial charge in [0.25, 0.3) is 11.8 Å². The van der Waals surface area contributed by atoms with Crippen molar-refractivity contribution in [1.29, 1.82) is 0 Å². The van der Waals surface area contributed by atoms with E-state index < -0.39 is 0 Å². The molecular weight excluding hydrogens is 381 g/mol. The molecule has 0 aliphatic carbocycles. The molecule has 0 fully saturated rings. The van der Waals surface area contributed by atoms with Crippen LogP contribution in [0.15, 0.2) is 72.8 Å². The Morgan fingerprint density at radius 1 is 0.867 bits per heavy atom. The lowest BCUT2D eigenvalue weighted by Crippen LogP contribution is -2.26. The van der Waals surface area contributed by atoms with E-state index in [0.717, 1.165) is 11.3 Å². The summed E-state index contributed by atoms with van der Waals surface area (Å²) in [6.45, 7) is 1.90. The lowest BCUT2D eigenvalue weighted by atomic mass is 10.1. The number of carbonyl (C=O) groups excluding carboxylic acids is 2. The van der Waals surface area contributed by atoms with E-state index in [0.29, 0.717) is 16.8 Å². The summed E-state index contributed by atoms with van der Waals surface area (Å²) in [5, 5.41) is 5.76. The molecule has 1 atom stereocenters. The first-order chi connectivity index (χ1) is 14.3. The highest BCUT2D eigenvalue weighted by molar-refractivity contribution is 6.04. The summed E-state index contributed by atoms with van der Waals surface area (Å²) in [5.41, 5.74) is 3.45. The minimum absolute atomic E-state index is 0.153. The molecule has 0 radical (unpaired) electrons. The molecule has 0 saturated carbocycles. The topological polar surface area (TPSA) is 61.4 Å². The highest BCUT2D eigenvalue weighted by Gasteiger charge is 2.13. The molecule has 0 heterocycles. The van der Waals surface area contributed by atoms with Gasteiger partial charge in [-0.05, 0) is 67.1 Å². The Morgan fingerprint density at radius 2 is 1.53 bits per heavy atom. The minimum atomic E-state index is -0.389. The number of carbonyl (C=O) groups is 2. The van der Waals surface area contributed by atoms with Crippen LogP contribution in [-0.4, -0.2) is 25.9 Å². The number of halogens is 1. The molecule has 3 aromatic rings. The summed E-state index contributed by atoms with van der Waals surface area (Å²) in [5.74, 6) is -0.856. The van der Waals surface area contributed by atoms with Crippen LogP contribution in [0, 0.1) is 5.82 Å². The van der Waals surface area contributed by atoms with Gasteiger partial charge in [-0.2, -0.15) is 0 Å². The zero-order valence-corrected chi connectivity index (χ0v) is 17.1. The van der Waals surface area contributed by atoms with Gasteiger partial charge < -0.3 is 15.5 Å². The fraction of sp³-hybridized carbons (Fsp3) is 0.167. The molecule has 30 heavy (non-hydrogen) atoms. The second kappa shape index (κ2) is 9.22. The molecule has 6 heteroatoms. The van der Waals surface area contributed by atoms with Crippen LogP contribution in [0.1, 0.15) is 39.2 Å². The second-order valence-electron chi connectivity index (χ2n) is 7.22. The highest BCUT2D eigenvalue weighted by Crippen LogP contribution is 2.19. The van der Waals surface area contributed by atoms with Crippen LogP contribution in [0.5, 0.6) is 0 Å². The Labute approximate surface area is 175 Å². The second-order valence-corrected chi connectivity index (χ2v) is 7.22. The molecule has 3 rings (SSSR count). The lowest BCUT2D eigenvalue weighted by Gasteiger charge is -2.17. The highest BCUT2D eigenvalue weighted by atomic mass is 19.1. The zero-order valence-electron chi connectivity index (χ0n) is 17.1. The fourth-order valence-corrected chi connectivity index (χ4v) is 2.95. The van der Waals surface area contributed by atoms with Crippen molar-refractivity contribution in [3.63, 3.8) is 0 Å². The number of nitrogens with zero attached hydrogens (tertiary/aromatic N) is 1. The summed E-state index contributed by atoms with van der Waals surface area (Å²) >= 11 is 0. The largest absolute Gasteiger partial charge is 0.378 e. The van der Waals surface area contributed by atoms with Gasteiger partial charge in [-0.3, -0.25) is 9.59 Å². The van der Waals surface area contributed by atoms with E-state index in [2.05, 4.69) is 10.6 Å². The average molecular weight is 405 g/mol. The van der Waals surface area contributed by atoms with E-state index >= 15 is 0 Å². The fourth-order valence-electron chi connectivity index (χ4n) is 2.95. The predicted molar refractivity (Wildman–Crippen MR) is 117 cm³/mol. The Hall–Kier alpha value is -3.67. The summed E-state index contributed by atoms with van der Waals surface area (Å²) in [7, 11) is 3.85. The van der Waals surface area contributed by atoms with Gasteiger partial charge in [0.1, 0.15) is 5.82 Å². The van der Waals surface area contributed by atoms with E-state index in [-0.39, 0.29) is 23.7 Å². The Balaban J connectivity index is 1.62. The van der Waals surface area contributed by atoms with Crippen LogP contribution >= 0.6 is 0 Å². The number of rotatable bonds is 6. The first-order valence-electron chi connectivity index (χ1n) is 9.58. The molecule has 3 aromatic carbocycles. The first-order valence-corrected chi connectivity index (χ1v) is 9.58. The number of amides is 2. The standard InChI is InChI=1S/C24H24FN3O2/c1-16(26-24(30)19-5-4-6-22(15-19)28(2)3)17-9-13-21(14-10-17)27-23(29)18-7-11-20(25)12-8-18/h4-16H,1-3H3,(H,26,30)(H,27,29). The summed E-state index contributed by atoms with van der Waals surface area (Å²) < 4.78 is 13.0. The monoisotopic (exact) mass is 405 g/mol. The normalized spacial score (nSPS) is 11.5. The number of benzene rings is 3. The number of hydrogen-bond donors (Lipinski definition) is 2. The SMILES string of the molecule is CC(NC(=O)c1cccc(N(C)C)c1)c1ccc(NC(=O)c2ccc(F)cc2)cc1. The zero-order chi connectivity index (χ0) is 21.7. The van der Waals surface area contributed by atoms with E-state index in [9.17, 15) is 14.0 Å². The van der Waals surface area contributed by atoms with Crippen LogP contribution in [-0.2, 0) is 0 Å². The van der Waals surface area contributed by atoms with Crippen molar-refractivity contribution in [2.75, 3.05) is 24.3 Å². The molecule has 154 valence electrons. The summed E-state index contributed by atoms with van der Waals surface area (Å²) in [6.07, 6.45) is 0. The lowest BCUT2D eigenvalue weighted by molar-refractivity contribution is 0.0939. The molecule has 1 unspecified atom stereocenters. The molecule has 0 aromatic heterocycles. The van der Waals surface area contributed by atoms with Gasteiger partial charge in [-0.1, -0.05) is 18.2 Å². The van der Waals surface area contributed by atoms with Crippen LogP contribution in [0.2, 0.25) is 0 Å². The molecular formula is C24H24FN3O2. The third-order valence-corrected chi connectivity index (χ3v) is 4.75. The maximum Gasteiger partial charge on any atom is 0.255 e. The third kappa shape index (κ3) is 5.23. The van der Waals surface area contributed by atoms with Crippen molar-refractivity contribution in [1.82, 2.24) is 5.32 Å². The van der Waals surface area contributed by atoms with Crippen molar-refractivity contribution in [2.24, 2.45) is 0 Å². The van der Waals surface area contributed by atoms with Gasteiger partial charge in [0.15, 0.2) is 0 Å². The number of hydrogen-bond acceptors (Lipinski definition) is 3. The Morgan fingerprint density at radius 3 is 2.17 bits per heavy atom. The summed E-state index contributed by atoms with van der Waals surface area (Å²) in [6, 6.07) is 19.8. The van der Waals surface area contributed by atoms with Crippen LogP contribution in [0.3, 0.4) is 0 Å². The molecule has 0 aliphatic rings. The Kier molecular flexibility index (Phi) is 6.47. The van der Waals surface area contributed by atoms with E-state index in [4.69, 9.17) is 0 Å². The van der Waals surface area contributed by atoms with Crippen molar-refractivity contribution < 1.29 is 14.0 Å². The molecule has 2 N–H and O–H groups in total. The van der Waals surface area contributed by atoms with Crippen molar-refractivity contribution in [2.45, 2.75) is 13.0 Å². The van der Waals surface area contributed by atoms with Crippen molar-refractivity contribution in [3.8, 4) is 0 Å². The molecule has 0 spiro atoms. The molecule has 2 amide bonds. The van der Waals surface area contributed by atoms with Gasteiger partial charge in [0.05, 0.1) is 6.04 Å². The van der Waals surface area contributed by atoms with Crippen LogP contribution in [0.4, 0.5) is 15.8 Å².